The summed E-state index contributed by atoms with van der Waals surface area (Å²) in [4.78, 5) is 8.10. The van der Waals surface area contributed by atoms with E-state index >= 15 is 0 Å². The summed E-state index contributed by atoms with van der Waals surface area (Å²) >= 11 is 0. The van der Waals surface area contributed by atoms with Crippen LogP contribution in [0.2, 0.25) is 0 Å². The van der Waals surface area contributed by atoms with Crippen LogP contribution in [0.15, 0.2) is 36.5 Å². The van der Waals surface area contributed by atoms with E-state index < -0.39 is 0 Å². The molecule has 0 spiro atoms. The van der Waals surface area contributed by atoms with Gasteiger partial charge in [-0.1, -0.05) is 32.9 Å². The molecule has 0 aliphatic carbocycles. The molecule has 5 nitrogen and oxygen atoms in total. The second-order valence-electron chi connectivity index (χ2n) is 5.52. The minimum atomic E-state index is -0.110. The van der Waals surface area contributed by atoms with Crippen LogP contribution >= 0.6 is 0 Å². The molecule has 2 rings (SSSR count). The van der Waals surface area contributed by atoms with Gasteiger partial charge >= 0.3 is 6.01 Å². The number of amidine groups is 1. The Morgan fingerprint density at radius 3 is 2.65 bits per heavy atom. The first kappa shape index (κ1) is 14.0. The lowest BCUT2D eigenvalue weighted by Gasteiger charge is -2.19. The van der Waals surface area contributed by atoms with Gasteiger partial charge in [0, 0.05) is 6.20 Å². The predicted octanol–water partition coefficient (Wildman–Crippen LogP) is 2.85. The molecule has 3 N–H and O–H groups in total. The second-order valence-corrected chi connectivity index (χ2v) is 5.52. The van der Waals surface area contributed by atoms with Crippen molar-refractivity contribution in [2.75, 3.05) is 0 Å². The molecule has 104 valence electrons. The Morgan fingerprint density at radius 1 is 1.25 bits per heavy atom. The number of benzene rings is 1. The fourth-order valence-corrected chi connectivity index (χ4v) is 1.67. The van der Waals surface area contributed by atoms with Crippen molar-refractivity contribution in [2.24, 2.45) is 5.73 Å². The summed E-state index contributed by atoms with van der Waals surface area (Å²) in [7, 11) is 0. The number of nitrogens with zero attached hydrogens (tertiary/aromatic N) is 2. The summed E-state index contributed by atoms with van der Waals surface area (Å²) in [6, 6.07) is 9.55. The summed E-state index contributed by atoms with van der Waals surface area (Å²) in [5.74, 6) is 0.554. The number of hydrogen-bond acceptors (Lipinski definition) is 4. The molecular formula is C15H18N4O. The van der Waals surface area contributed by atoms with E-state index in [1.165, 1.54) is 6.20 Å². The van der Waals surface area contributed by atoms with Crippen molar-refractivity contribution < 1.29 is 4.74 Å². The first-order valence-electron chi connectivity index (χ1n) is 6.32. The molecule has 1 aromatic heterocycles. The number of aromatic nitrogens is 2. The number of hydrogen-bond donors (Lipinski definition) is 2. The Balaban J connectivity index is 2.26. The van der Waals surface area contributed by atoms with E-state index in [1.54, 1.807) is 6.07 Å². The SMILES string of the molecule is CC(C)(C)c1cccc(Oc2nccc(C(=N)N)n2)c1. The lowest BCUT2D eigenvalue weighted by atomic mass is 9.87. The number of nitrogen functional groups attached to an aromatic ring is 1. The second kappa shape index (κ2) is 5.28. The van der Waals surface area contributed by atoms with Gasteiger partial charge in [0.15, 0.2) is 0 Å². The summed E-state index contributed by atoms with van der Waals surface area (Å²) in [5, 5.41) is 7.36. The number of nitrogens with one attached hydrogen (secondary N) is 1. The quantitative estimate of drug-likeness (QED) is 0.663. The van der Waals surface area contributed by atoms with Gasteiger partial charge in [-0.15, -0.1) is 0 Å². The highest BCUT2D eigenvalue weighted by Crippen LogP contribution is 2.27. The summed E-state index contributed by atoms with van der Waals surface area (Å²) in [5.41, 5.74) is 6.95. The van der Waals surface area contributed by atoms with E-state index in [0.29, 0.717) is 11.4 Å². The third kappa shape index (κ3) is 3.32. The number of rotatable bonds is 3. The zero-order valence-corrected chi connectivity index (χ0v) is 11.8. The molecule has 0 saturated heterocycles. The maximum atomic E-state index is 7.36. The smallest absolute Gasteiger partial charge is 0.322 e. The van der Waals surface area contributed by atoms with Crippen molar-refractivity contribution in [3.8, 4) is 11.8 Å². The first-order valence-corrected chi connectivity index (χ1v) is 6.32. The molecule has 0 aliphatic rings. The molecule has 1 heterocycles. The monoisotopic (exact) mass is 270 g/mol. The van der Waals surface area contributed by atoms with Crippen LogP contribution in [0.3, 0.4) is 0 Å². The molecule has 1 aromatic carbocycles. The van der Waals surface area contributed by atoms with Crippen molar-refractivity contribution in [3.05, 3.63) is 47.8 Å². The molecule has 0 aliphatic heterocycles. The molecule has 0 saturated carbocycles. The van der Waals surface area contributed by atoms with Gasteiger partial charge in [0.25, 0.3) is 0 Å². The number of ether oxygens (including phenoxy) is 1. The van der Waals surface area contributed by atoms with Crippen molar-refractivity contribution in [1.29, 1.82) is 5.41 Å². The summed E-state index contributed by atoms with van der Waals surface area (Å²) in [6.07, 6.45) is 1.52. The molecule has 0 radical (unpaired) electrons. The Labute approximate surface area is 118 Å². The normalized spacial score (nSPS) is 11.2. The van der Waals surface area contributed by atoms with Crippen molar-refractivity contribution in [2.45, 2.75) is 26.2 Å². The fraction of sp³-hybridized carbons (Fsp3) is 0.267. The van der Waals surface area contributed by atoms with Gasteiger partial charge in [-0.3, -0.25) is 5.41 Å². The molecule has 0 unspecified atom stereocenters. The molecule has 0 amide bonds. The fourth-order valence-electron chi connectivity index (χ4n) is 1.67. The highest BCUT2D eigenvalue weighted by Gasteiger charge is 2.14. The molecular weight excluding hydrogens is 252 g/mol. The first-order chi connectivity index (χ1) is 9.36. The lowest BCUT2D eigenvalue weighted by molar-refractivity contribution is 0.439. The Bertz CT molecular complexity index is 632. The van der Waals surface area contributed by atoms with Crippen LogP contribution in [-0.2, 0) is 5.41 Å². The zero-order valence-electron chi connectivity index (χ0n) is 11.8. The minimum absolute atomic E-state index is 0.0431. The van der Waals surface area contributed by atoms with Crippen LogP contribution in [0, 0.1) is 5.41 Å². The van der Waals surface area contributed by atoms with Crippen LogP contribution < -0.4 is 10.5 Å². The van der Waals surface area contributed by atoms with Crippen molar-refractivity contribution in [1.82, 2.24) is 9.97 Å². The van der Waals surface area contributed by atoms with E-state index in [-0.39, 0.29) is 17.3 Å². The van der Waals surface area contributed by atoms with Gasteiger partial charge in [0.05, 0.1) is 0 Å². The lowest BCUT2D eigenvalue weighted by Crippen LogP contribution is -2.13. The average molecular weight is 270 g/mol. The molecule has 5 heteroatoms. The van der Waals surface area contributed by atoms with Crippen molar-refractivity contribution >= 4 is 5.84 Å². The third-order valence-corrected chi connectivity index (χ3v) is 2.82. The maximum Gasteiger partial charge on any atom is 0.322 e. The van der Waals surface area contributed by atoms with Crippen LogP contribution in [0.1, 0.15) is 32.0 Å². The van der Waals surface area contributed by atoms with Crippen LogP contribution in [0.25, 0.3) is 0 Å². The Morgan fingerprint density at radius 2 is 2.00 bits per heavy atom. The largest absolute Gasteiger partial charge is 0.424 e. The van der Waals surface area contributed by atoms with E-state index in [9.17, 15) is 0 Å². The van der Waals surface area contributed by atoms with E-state index in [2.05, 4.69) is 36.8 Å². The topological polar surface area (TPSA) is 84.9 Å². The van der Waals surface area contributed by atoms with Crippen LogP contribution in [0.4, 0.5) is 0 Å². The van der Waals surface area contributed by atoms with E-state index in [0.717, 1.165) is 5.56 Å². The van der Waals surface area contributed by atoms with E-state index in [1.807, 2.05) is 18.2 Å². The molecule has 0 atom stereocenters. The maximum absolute atomic E-state index is 7.36. The van der Waals surface area contributed by atoms with Gasteiger partial charge in [-0.05, 0) is 29.2 Å². The van der Waals surface area contributed by atoms with Crippen LogP contribution in [0.5, 0.6) is 11.8 Å². The molecule has 2 aromatic rings. The van der Waals surface area contributed by atoms with Gasteiger partial charge in [0.2, 0.25) is 0 Å². The summed E-state index contributed by atoms with van der Waals surface area (Å²) < 4.78 is 5.63. The third-order valence-electron chi connectivity index (χ3n) is 2.82. The molecule has 0 fully saturated rings. The van der Waals surface area contributed by atoms with E-state index in [4.69, 9.17) is 15.9 Å². The molecule has 20 heavy (non-hydrogen) atoms. The van der Waals surface area contributed by atoms with Gasteiger partial charge in [-0.2, -0.15) is 4.98 Å². The van der Waals surface area contributed by atoms with Gasteiger partial charge in [0.1, 0.15) is 17.3 Å². The number of nitrogens with two attached hydrogens (primary N) is 1. The zero-order chi connectivity index (χ0) is 14.8. The van der Waals surface area contributed by atoms with Gasteiger partial charge < -0.3 is 10.5 Å². The highest BCUT2D eigenvalue weighted by atomic mass is 16.5. The molecule has 0 bridgehead atoms. The standard InChI is InChI=1S/C15H18N4O/c1-15(2,3)10-5-4-6-11(9-10)20-14-18-8-7-12(19-14)13(16)17/h4-9H,1-3H3,(H3,16,17). The minimum Gasteiger partial charge on any atom is -0.424 e. The van der Waals surface area contributed by atoms with Gasteiger partial charge in [-0.25, -0.2) is 4.98 Å². The van der Waals surface area contributed by atoms with Crippen LogP contribution in [-0.4, -0.2) is 15.8 Å². The average Bonchev–Trinajstić information content (AvgIpc) is 2.38. The Hall–Kier alpha value is -2.43. The predicted molar refractivity (Wildman–Crippen MR) is 78.3 cm³/mol. The Kier molecular flexibility index (Phi) is 3.70. The summed E-state index contributed by atoms with van der Waals surface area (Å²) in [6.45, 7) is 6.41. The van der Waals surface area contributed by atoms with Crippen molar-refractivity contribution in [3.63, 3.8) is 0 Å². The highest BCUT2D eigenvalue weighted by molar-refractivity contribution is 5.92.